The molecule has 2 N–H and O–H groups in total. The predicted molar refractivity (Wildman–Crippen MR) is 116 cm³/mol. The Kier molecular flexibility index (Phi) is 5.40. The van der Waals surface area contributed by atoms with Gasteiger partial charge in [-0.25, -0.2) is 4.39 Å². The molecule has 1 atom stereocenters. The fourth-order valence-corrected chi connectivity index (χ4v) is 4.66. The predicted octanol–water partition coefficient (Wildman–Crippen LogP) is 4.92. The zero-order valence-electron chi connectivity index (χ0n) is 17.4. The normalized spacial score (nSPS) is 23.9. The molecule has 2 aromatic carbocycles. The van der Waals surface area contributed by atoms with Crippen LogP contribution < -0.4 is 5.48 Å². The van der Waals surface area contributed by atoms with Crippen molar-refractivity contribution in [1.82, 2.24) is 10.4 Å². The molecule has 1 aliphatic carbocycles. The highest BCUT2D eigenvalue weighted by Gasteiger charge is 2.60. The van der Waals surface area contributed by atoms with Gasteiger partial charge in [0.25, 0.3) is 5.91 Å². The lowest BCUT2D eigenvalue weighted by atomic mass is 9.89. The molecular formula is C23H18Cl2F4N2O3. The van der Waals surface area contributed by atoms with Crippen LogP contribution in [0.15, 0.2) is 42.5 Å². The van der Waals surface area contributed by atoms with Crippen molar-refractivity contribution in [2.24, 2.45) is 0 Å². The minimum atomic E-state index is -4.90. The molecule has 11 heteroatoms. The molecule has 5 rings (SSSR count). The number of aliphatic hydroxyl groups is 1. The maximum absolute atomic E-state index is 14.1. The molecule has 180 valence electrons. The minimum Gasteiger partial charge on any atom is -0.380 e. The lowest BCUT2D eigenvalue weighted by Crippen LogP contribution is -2.52. The number of benzene rings is 2. The van der Waals surface area contributed by atoms with Crippen molar-refractivity contribution < 1.29 is 32.3 Å². The van der Waals surface area contributed by atoms with Gasteiger partial charge in [0.05, 0.1) is 15.7 Å². The lowest BCUT2D eigenvalue weighted by Gasteiger charge is -2.40. The van der Waals surface area contributed by atoms with Crippen LogP contribution in [-0.2, 0) is 15.2 Å². The molecule has 2 fully saturated rings. The van der Waals surface area contributed by atoms with Crippen molar-refractivity contribution in [2.75, 3.05) is 13.1 Å². The third kappa shape index (κ3) is 3.75. The topological polar surface area (TPSA) is 61.8 Å². The first-order valence-corrected chi connectivity index (χ1v) is 11.2. The van der Waals surface area contributed by atoms with Crippen molar-refractivity contribution in [3.63, 3.8) is 0 Å². The molecule has 0 bridgehead atoms. The van der Waals surface area contributed by atoms with Crippen molar-refractivity contribution >= 4 is 34.8 Å². The van der Waals surface area contributed by atoms with E-state index in [-0.39, 0.29) is 17.5 Å². The molecule has 1 unspecified atom stereocenters. The summed E-state index contributed by atoms with van der Waals surface area (Å²) in [4.78, 5) is 18.8. The number of alkyl halides is 3. The van der Waals surface area contributed by atoms with Gasteiger partial charge in [0.1, 0.15) is 5.60 Å². The summed E-state index contributed by atoms with van der Waals surface area (Å²) in [7, 11) is 0. The van der Waals surface area contributed by atoms with Gasteiger partial charge in [0.15, 0.2) is 5.82 Å². The van der Waals surface area contributed by atoms with E-state index in [1.54, 1.807) is 29.2 Å². The van der Waals surface area contributed by atoms with Crippen molar-refractivity contribution in [2.45, 2.75) is 36.1 Å². The van der Waals surface area contributed by atoms with E-state index in [1.807, 2.05) is 0 Å². The molecule has 0 spiro atoms. The Morgan fingerprint density at radius 2 is 1.71 bits per heavy atom. The van der Waals surface area contributed by atoms with E-state index in [4.69, 9.17) is 28.0 Å². The van der Waals surface area contributed by atoms with Gasteiger partial charge in [-0.3, -0.25) is 15.1 Å². The Balaban J connectivity index is 1.37. The van der Waals surface area contributed by atoms with Gasteiger partial charge in [-0.05, 0) is 42.2 Å². The summed E-state index contributed by atoms with van der Waals surface area (Å²) >= 11 is 11.5. The van der Waals surface area contributed by atoms with E-state index < -0.39 is 38.8 Å². The summed E-state index contributed by atoms with van der Waals surface area (Å²) in [5.41, 5.74) is -0.817. The van der Waals surface area contributed by atoms with E-state index in [1.165, 1.54) is 0 Å². The highest BCUT2D eigenvalue weighted by molar-refractivity contribution is 6.35. The summed E-state index contributed by atoms with van der Waals surface area (Å²) in [6.07, 6.45) is -3.06. The Bertz CT molecular complexity index is 1170. The first-order chi connectivity index (χ1) is 15.9. The van der Waals surface area contributed by atoms with E-state index in [0.29, 0.717) is 31.5 Å². The minimum absolute atomic E-state index is 0.0711. The second-order valence-electron chi connectivity index (χ2n) is 8.81. The number of rotatable bonds is 4. The van der Waals surface area contributed by atoms with Crippen LogP contribution in [0, 0.1) is 5.82 Å². The summed E-state index contributed by atoms with van der Waals surface area (Å²) in [6.45, 7) is 0.960. The fraction of sp³-hybridized carbons (Fsp3) is 0.348. The van der Waals surface area contributed by atoms with E-state index in [9.17, 15) is 27.5 Å². The maximum Gasteiger partial charge on any atom is 0.428 e. The van der Waals surface area contributed by atoms with Crippen LogP contribution in [0.3, 0.4) is 0 Å². The number of hydroxylamine groups is 1. The van der Waals surface area contributed by atoms with Crippen molar-refractivity contribution in [1.29, 1.82) is 0 Å². The second-order valence-corrected chi connectivity index (χ2v) is 9.62. The standard InChI is InChI=1S/C23H18Cl2F4N2O3/c24-16-7-15(8-17(25)19(16)26)22(23(27,28)29)9-18(30-34-22)13-3-1-12(2-4-13)14-10-31(11-14)20(32)21(33)5-6-21/h1-4,7-9,14,30,33H,5-6,10-11H2. The third-order valence-electron chi connectivity index (χ3n) is 6.49. The molecule has 34 heavy (non-hydrogen) atoms. The van der Waals surface area contributed by atoms with Crippen LogP contribution in [0.1, 0.15) is 35.4 Å². The van der Waals surface area contributed by atoms with Gasteiger partial charge in [0.2, 0.25) is 5.60 Å². The number of halogens is 6. The Morgan fingerprint density at radius 1 is 1.12 bits per heavy atom. The van der Waals surface area contributed by atoms with Crippen LogP contribution >= 0.6 is 23.2 Å². The van der Waals surface area contributed by atoms with Gasteiger partial charge in [0, 0.05) is 24.6 Å². The number of carbonyl (C=O) groups is 1. The molecular weight excluding hydrogens is 499 g/mol. The second kappa shape index (κ2) is 7.84. The summed E-state index contributed by atoms with van der Waals surface area (Å²) < 4.78 is 56.2. The van der Waals surface area contributed by atoms with E-state index in [2.05, 4.69) is 5.48 Å². The number of nitrogens with one attached hydrogen (secondary N) is 1. The quantitative estimate of drug-likeness (QED) is 0.447. The monoisotopic (exact) mass is 516 g/mol. The molecule has 2 aromatic rings. The summed E-state index contributed by atoms with van der Waals surface area (Å²) in [5.74, 6) is -1.18. The van der Waals surface area contributed by atoms with Gasteiger partial charge >= 0.3 is 6.18 Å². The van der Waals surface area contributed by atoms with Gasteiger partial charge in [-0.2, -0.15) is 13.2 Å². The number of likely N-dealkylation sites (tertiary alicyclic amines) is 1. The molecule has 1 saturated carbocycles. The van der Waals surface area contributed by atoms with Crippen LogP contribution in [-0.4, -0.2) is 40.8 Å². The van der Waals surface area contributed by atoms with Crippen LogP contribution in [0.2, 0.25) is 10.0 Å². The largest absolute Gasteiger partial charge is 0.428 e. The average molecular weight is 517 g/mol. The SMILES string of the molecule is O=C(N1CC(c2ccc(C3=CC(c4cc(Cl)c(F)c(Cl)c4)(C(F)(F)F)ON3)cc2)C1)C1(O)CC1. The van der Waals surface area contributed by atoms with Gasteiger partial charge < -0.3 is 10.0 Å². The van der Waals surface area contributed by atoms with Crippen LogP contribution in [0.25, 0.3) is 5.70 Å². The molecule has 2 aliphatic heterocycles. The Morgan fingerprint density at radius 3 is 2.24 bits per heavy atom. The first kappa shape index (κ1) is 23.4. The molecule has 0 radical (unpaired) electrons. The van der Waals surface area contributed by atoms with Gasteiger partial charge in [-0.15, -0.1) is 0 Å². The van der Waals surface area contributed by atoms with Crippen molar-refractivity contribution in [3.05, 3.63) is 75.0 Å². The first-order valence-electron chi connectivity index (χ1n) is 10.4. The molecule has 0 aromatic heterocycles. The van der Waals surface area contributed by atoms with Gasteiger partial charge in [-0.1, -0.05) is 47.5 Å². The molecule has 1 saturated heterocycles. The van der Waals surface area contributed by atoms with Crippen LogP contribution in [0.5, 0.6) is 0 Å². The van der Waals surface area contributed by atoms with E-state index in [0.717, 1.165) is 23.8 Å². The zero-order valence-corrected chi connectivity index (χ0v) is 18.9. The highest BCUT2D eigenvalue weighted by Crippen LogP contribution is 2.48. The molecule has 1 amide bonds. The fourth-order valence-electron chi connectivity index (χ4n) is 4.17. The molecule has 5 nitrogen and oxygen atoms in total. The average Bonchev–Trinajstić information content (AvgIpc) is 3.33. The summed E-state index contributed by atoms with van der Waals surface area (Å²) in [5, 5.41) is 8.84. The highest BCUT2D eigenvalue weighted by atomic mass is 35.5. The number of hydrogen-bond acceptors (Lipinski definition) is 4. The Labute approximate surface area is 201 Å². The van der Waals surface area contributed by atoms with Crippen molar-refractivity contribution in [3.8, 4) is 0 Å². The maximum atomic E-state index is 14.1. The summed E-state index contributed by atoms with van der Waals surface area (Å²) in [6, 6.07) is 8.51. The van der Waals surface area contributed by atoms with E-state index >= 15 is 0 Å². The smallest absolute Gasteiger partial charge is 0.380 e. The molecule has 3 aliphatic rings. The number of nitrogens with zero attached hydrogens (tertiary/aromatic N) is 1. The lowest BCUT2D eigenvalue weighted by molar-refractivity contribution is -0.269. The molecule has 2 heterocycles. The third-order valence-corrected chi connectivity index (χ3v) is 7.04. The number of hydrogen-bond donors (Lipinski definition) is 2. The van der Waals surface area contributed by atoms with Crippen LogP contribution in [0.4, 0.5) is 17.6 Å². The zero-order chi connectivity index (χ0) is 24.5. The Hall–Kier alpha value is -2.33. The number of carbonyl (C=O) groups excluding carboxylic acids is 1. The number of amides is 1.